The highest BCUT2D eigenvalue weighted by atomic mass is 32.2. The highest BCUT2D eigenvalue weighted by molar-refractivity contribution is 7.88. The van der Waals surface area contributed by atoms with Gasteiger partial charge in [0.25, 0.3) is 0 Å². The minimum atomic E-state index is -3.22. The molecule has 0 radical (unpaired) electrons. The molecule has 110 valence electrons. The van der Waals surface area contributed by atoms with Gasteiger partial charge in [0.05, 0.1) is 5.75 Å². The van der Waals surface area contributed by atoms with E-state index in [1.165, 1.54) is 6.42 Å². The Kier molecular flexibility index (Phi) is 3.84. The molecule has 5 heteroatoms. The van der Waals surface area contributed by atoms with Crippen LogP contribution in [-0.2, 0) is 15.8 Å². The average Bonchev–Trinajstić information content (AvgIpc) is 2.85. The second kappa shape index (κ2) is 5.47. The lowest BCUT2D eigenvalue weighted by Crippen LogP contribution is -2.56. The maximum atomic E-state index is 12.7. The zero-order chi connectivity index (χ0) is 14.2. The molecule has 4 nitrogen and oxygen atoms in total. The summed E-state index contributed by atoms with van der Waals surface area (Å²) in [4.78, 5) is 2.44. The SMILES string of the molecule is C[C@@H]1CN2CCC[C@H]2CN1S(=O)(=O)Cc1ccccc1. The summed E-state index contributed by atoms with van der Waals surface area (Å²) < 4.78 is 27.1. The number of hydrogen-bond acceptors (Lipinski definition) is 3. The average molecular weight is 294 g/mol. The molecular weight excluding hydrogens is 272 g/mol. The Bertz CT molecular complexity index is 558. The summed E-state index contributed by atoms with van der Waals surface area (Å²) in [6, 6.07) is 9.97. The van der Waals surface area contributed by atoms with Crippen LogP contribution in [0.15, 0.2) is 30.3 Å². The van der Waals surface area contributed by atoms with Crippen LogP contribution in [0.1, 0.15) is 25.3 Å². The van der Waals surface area contributed by atoms with Crippen LogP contribution in [0.2, 0.25) is 0 Å². The van der Waals surface area contributed by atoms with Crippen molar-refractivity contribution in [2.75, 3.05) is 19.6 Å². The monoisotopic (exact) mass is 294 g/mol. The molecule has 1 aromatic carbocycles. The summed E-state index contributed by atoms with van der Waals surface area (Å²) in [7, 11) is -3.22. The largest absolute Gasteiger partial charge is 0.297 e. The Morgan fingerprint density at radius 3 is 2.70 bits per heavy atom. The number of nitrogens with zero attached hydrogens (tertiary/aromatic N) is 2. The van der Waals surface area contributed by atoms with E-state index in [9.17, 15) is 8.42 Å². The quantitative estimate of drug-likeness (QED) is 0.852. The van der Waals surface area contributed by atoms with Crippen LogP contribution in [0.5, 0.6) is 0 Å². The first-order chi connectivity index (χ1) is 9.56. The Hall–Kier alpha value is -0.910. The van der Waals surface area contributed by atoms with Crippen LogP contribution in [0.3, 0.4) is 0 Å². The molecule has 0 spiro atoms. The molecule has 3 rings (SSSR count). The molecule has 0 bridgehead atoms. The predicted molar refractivity (Wildman–Crippen MR) is 79.8 cm³/mol. The third-order valence-electron chi connectivity index (χ3n) is 4.43. The molecular formula is C15H22N2O2S. The Balaban J connectivity index is 1.76. The van der Waals surface area contributed by atoms with Crippen molar-refractivity contribution in [3.05, 3.63) is 35.9 Å². The Labute approximate surface area is 121 Å². The van der Waals surface area contributed by atoms with Crippen LogP contribution in [-0.4, -0.2) is 49.3 Å². The summed E-state index contributed by atoms with van der Waals surface area (Å²) in [6.07, 6.45) is 2.33. The first-order valence-electron chi connectivity index (χ1n) is 7.34. The van der Waals surface area contributed by atoms with Crippen LogP contribution >= 0.6 is 0 Å². The molecule has 2 heterocycles. The van der Waals surface area contributed by atoms with E-state index >= 15 is 0 Å². The van der Waals surface area contributed by atoms with Gasteiger partial charge in [-0.3, -0.25) is 4.90 Å². The molecule has 0 saturated carbocycles. The summed E-state index contributed by atoms with van der Waals surface area (Å²) in [5, 5.41) is 0. The minimum Gasteiger partial charge on any atom is -0.297 e. The van der Waals surface area contributed by atoms with Crippen molar-refractivity contribution in [1.82, 2.24) is 9.21 Å². The van der Waals surface area contributed by atoms with E-state index in [2.05, 4.69) is 4.90 Å². The molecule has 2 aliphatic rings. The van der Waals surface area contributed by atoms with Gasteiger partial charge in [-0.2, -0.15) is 4.31 Å². The van der Waals surface area contributed by atoms with Crippen LogP contribution < -0.4 is 0 Å². The van der Waals surface area contributed by atoms with Gasteiger partial charge in [0, 0.05) is 25.2 Å². The van der Waals surface area contributed by atoms with E-state index in [0.29, 0.717) is 12.6 Å². The van der Waals surface area contributed by atoms with Crippen molar-refractivity contribution in [1.29, 1.82) is 0 Å². The van der Waals surface area contributed by atoms with Gasteiger partial charge in [0.2, 0.25) is 10.0 Å². The fraction of sp³-hybridized carbons (Fsp3) is 0.600. The first kappa shape index (κ1) is 14.0. The fourth-order valence-corrected chi connectivity index (χ4v) is 5.21. The van der Waals surface area contributed by atoms with Crippen LogP contribution in [0.4, 0.5) is 0 Å². The summed E-state index contributed by atoms with van der Waals surface area (Å²) in [5.74, 6) is 0.116. The molecule has 2 atom stereocenters. The van der Waals surface area contributed by atoms with E-state index in [1.807, 2.05) is 37.3 Å². The van der Waals surface area contributed by atoms with E-state index in [-0.39, 0.29) is 11.8 Å². The van der Waals surface area contributed by atoms with Crippen molar-refractivity contribution >= 4 is 10.0 Å². The normalized spacial score (nSPS) is 28.4. The molecule has 0 aliphatic carbocycles. The van der Waals surface area contributed by atoms with E-state index < -0.39 is 10.0 Å². The van der Waals surface area contributed by atoms with Gasteiger partial charge in [-0.15, -0.1) is 0 Å². The van der Waals surface area contributed by atoms with Gasteiger partial charge in [-0.05, 0) is 31.9 Å². The van der Waals surface area contributed by atoms with Crippen LogP contribution in [0, 0.1) is 0 Å². The summed E-state index contributed by atoms with van der Waals surface area (Å²) >= 11 is 0. The lowest BCUT2D eigenvalue weighted by atomic mass is 10.1. The summed E-state index contributed by atoms with van der Waals surface area (Å²) in [6.45, 7) is 4.69. The molecule has 0 unspecified atom stereocenters. The number of piperazine rings is 1. The Morgan fingerprint density at radius 2 is 1.95 bits per heavy atom. The van der Waals surface area contributed by atoms with Crippen LogP contribution in [0.25, 0.3) is 0 Å². The highest BCUT2D eigenvalue weighted by Crippen LogP contribution is 2.27. The van der Waals surface area contributed by atoms with E-state index in [1.54, 1.807) is 4.31 Å². The van der Waals surface area contributed by atoms with Gasteiger partial charge >= 0.3 is 0 Å². The minimum absolute atomic E-state index is 0.0815. The van der Waals surface area contributed by atoms with Gasteiger partial charge in [0.15, 0.2) is 0 Å². The lowest BCUT2D eigenvalue weighted by Gasteiger charge is -2.41. The van der Waals surface area contributed by atoms with Crippen molar-refractivity contribution < 1.29 is 8.42 Å². The molecule has 20 heavy (non-hydrogen) atoms. The smallest absolute Gasteiger partial charge is 0.218 e. The second-order valence-electron chi connectivity index (χ2n) is 5.95. The number of hydrogen-bond donors (Lipinski definition) is 0. The lowest BCUT2D eigenvalue weighted by molar-refractivity contribution is 0.117. The fourth-order valence-electron chi connectivity index (χ4n) is 3.42. The molecule has 2 aliphatic heterocycles. The number of benzene rings is 1. The molecule has 2 fully saturated rings. The third kappa shape index (κ3) is 2.75. The first-order valence-corrected chi connectivity index (χ1v) is 8.95. The maximum absolute atomic E-state index is 12.7. The predicted octanol–water partition coefficient (Wildman–Crippen LogP) is 1.68. The van der Waals surface area contributed by atoms with Gasteiger partial charge < -0.3 is 0 Å². The number of sulfonamides is 1. The van der Waals surface area contributed by atoms with E-state index in [4.69, 9.17) is 0 Å². The maximum Gasteiger partial charge on any atom is 0.218 e. The molecule has 0 amide bonds. The van der Waals surface area contributed by atoms with E-state index in [0.717, 1.165) is 25.1 Å². The standard InChI is InChI=1S/C15H22N2O2S/c1-13-10-16-9-5-8-15(16)11-17(13)20(18,19)12-14-6-3-2-4-7-14/h2-4,6-7,13,15H,5,8-12H2,1H3/t13-,15+/m1/s1. The third-order valence-corrected chi connectivity index (χ3v) is 6.35. The number of rotatable bonds is 3. The van der Waals surface area contributed by atoms with Gasteiger partial charge in [-0.25, -0.2) is 8.42 Å². The summed E-state index contributed by atoms with van der Waals surface area (Å²) in [5.41, 5.74) is 0.869. The molecule has 0 N–H and O–H groups in total. The Morgan fingerprint density at radius 1 is 1.20 bits per heavy atom. The zero-order valence-electron chi connectivity index (χ0n) is 11.9. The van der Waals surface area contributed by atoms with Gasteiger partial charge in [-0.1, -0.05) is 30.3 Å². The van der Waals surface area contributed by atoms with Crippen molar-refractivity contribution in [2.24, 2.45) is 0 Å². The van der Waals surface area contributed by atoms with Crippen molar-refractivity contribution in [3.8, 4) is 0 Å². The molecule has 2 saturated heterocycles. The molecule has 1 aromatic rings. The number of fused-ring (bicyclic) bond motifs is 1. The van der Waals surface area contributed by atoms with Gasteiger partial charge in [0.1, 0.15) is 0 Å². The second-order valence-corrected chi connectivity index (χ2v) is 7.87. The molecule has 0 aromatic heterocycles. The van der Waals surface area contributed by atoms with Crippen molar-refractivity contribution in [2.45, 2.75) is 37.6 Å². The van der Waals surface area contributed by atoms with Crippen molar-refractivity contribution in [3.63, 3.8) is 0 Å². The topological polar surface area (TPSA) is 40.6 Å². The zero-order valence-corrected chi connectivity index (χ0v) is 12.7. The highest BCUT2D eigenvalue weighted by Gasteiger charge is 2.39.